The molecule has 84 valence electrons. The Labute approximate surface area is 150 Å². The number of hydrogen-bond donors (Lipinski definition) is 2. The quantitative estimate of drug-likeness (QED) is 0.209. The first-order valence-electron chi connectivity index (χ1n) is 4.02. The predicted molar refractivity (Wildman–Crippen MR) is 63.7 cm³/mol. The van der Waals surface area contributed by atoms with Crippen molar-refractivity contribution in [1.82, 2.24) is 10.9 Å². The molecule has 2 N–H and O–H groups in total. The number of rotatable bonds is 2. The number of amides is 1. The molecule has 0 saturated heterocycles. The maximum atomic E-state index is 11.4. The number of nitro groups is 1. The largest absolute Gasteiger partial charge is 1.00 e. The van der Waals surface area contributed by atoms with Crippen LogP contribution in [0.25, 0.3) is 0 Å². The summed E-state index contributed by atoms with van der Waals surface area (Å²) in [6.07, 6.45) is 0. The molecular weight excluding hydrogens is 289 g/mol. The molecule has 0 saturated carbocycles. The summed E-state index contributed by atoms with van der Waals surface area (Å²) in [5, 5.41) is 10.4. The van der Waals surface area contributed by atoms with Crippen LogP contribution in [0.15, 0.2) is 24.3 Å². The van der Waals surface area contributed by atoms with Gasteiger partial charge in [0.1, 0.15) is 0 Å². The van der Waals surface area contributed by atoms with E-state index in [9.17, 15) is 14.9 Å². The van der Waals surface area contributed by atoms with Crippen LogP contribution in [-0.4, -0.2) is 15.2 Å². The van der Waals surface area contributed by atoms with Crippen LogP contribution in [-0.2, 0) is 12.6 Å². The molecule has 17 heavy (non-hydrogen) atoms. The van der Waals surface area contributed by atoms with Gasteiger partial charge < -0.3 is 30.3 Å². The molecule has 0 bridgehead atoms. The number of nitro benzene ring substituents is 1. The molecule has 1 rings (SSSR count). The molecule has 1 aromatic carbocycles. The first-order valence-corrected chi connectivity index (χ1v) is 4.84. The van der Waals surface area contributed by atoms with Crippen LogP contribution >= 0.6 is 12.2 Å². The minimum absolute atomic E-state index is 0. The summed E-state index contributed by atoms with van der Waals surface area (Å²) < 4.78 is 0.00950. The fourth-order valence-electron chi connectivity index (χ4n) is 0.914. The van der Waals surface area contributed by atoms with Crippen LogP contribution in [0.4, 0.5) is 5.69 Å². The third-order valence-corrected chi connectivity index (χ3v) is 1.82. The van der Waals surface area contributed by atoms with Crippen LogP contribution in [0.2, 0.25) is 0 Å². The SMILES string of the molecule is O=C(NNC(=S)[S-])c1ccc([N+](=O)[O-])cc1.[K+]. The van der Waals surface area contributed by atoms with Crippen molar-refractivity contribution in [1.29, 1.82) is 0 Å². The molecule has 1 aromatic rings. The first-order chi connectivity index (χ1) is 7.50. The maximum absolute atomic E-state index is 11.4. The third kappa shape index (κ3) is 5.81. The Morgan fingerprint density at radius 3 is 2.24 bits per heavy atom. The number of hydrogen-bond acceptors (Lipinski definition) is 5. The number of carbonyl (C=O) groups excluding carboxylic acids is 1. The molecule has 6 nitrogen and oxygen atoms in total. The summed E-state index contributed by atoms with van der Waals surface area (Å²) in [6, 6.07) is 5.14. The molecule has 0 aliphatic rings. The van der Waals surface area contributed by atoms with Crippen molar-refractivity contribution >= 4 is 40.8 Å². The van der Waals surface area contributed by atoms with Crippen molar-refractivity contribution in [2.75, 3.05) is 0 Å². The molecule has 1 amide bonds. The van der Waals surface area contributed by atoms with Crippen LogP contribution < -0.4 is 62.2 Å². The third-order valence-electron chi connectivity index (χ3n) is 1.62. The van der Waals surface area contributed by atoms with E-state index in [0.29, 0.717) is 0 Å². The monoisotopic (exact) mass is 295 g/mol. The predicted octanol–water partition coefficient (Wildman–Crippen LogP) is -2.33. The maximum Gasteiger partial charge on any atom is 1.00 e. The van der Waals surface area contributed by atoms with Crippen molar-refractivity contribution in [2.45, 2.75) is 0 Å². The number of benzene rings is 1. The number of carbonyl (C=O) groups is 1. The molecule has 0 aliphatic carbocycles. The summed E-state index contributed by atoms with van der Waals surface area (Å²) in [6.45, 7) is 0. The standard InChI is InChI=1S/C8H7N3O3S2.K/c12-7(9-10-8(15)16)5-1-3-6(4-2-5)11(13)14;/h1-4H,(H,9,12)(H2,10,15,16);/q;+1/p-1. The Balaban J connectivity index is 0.00000256. The van der Waals surface area contributed by atoms with Gasteiger partial charge >= 0.3 is 51.4 Å². The smallest absolute Gasteiger partial charge is 0.410 e. The van der Waals surface area contributed by atoms with E-state index in [1.807, 2.05) is 0 Å². The number of hydrazine groups is 1. The van der Waals surface area contributed by atoms with E-state index >= 15 is 0 Å². The minimum Gasteiger partial charge on any atom is -0.410 e. The second kappa shape index (κ2) is 8.03. The van der Waals surface area contributed by atoms with Gasteiger partial charge in [0, 0.05) is 17.7 Å². The minimum atomic E-state index is -0.543. The number of non-ortho nitro benzene ring substituents is 1. The molecular formula is C8H6KN3O3S2. The Bertz CT molecular complexity index is 438. The number of nitrogens with zero attached hydrogens (tertiary/aromatic N) is 1. The Kier molecular flexibility index (Phi) is 7.95. The second-order valence-electron chi connectivity index (χ2n) is 2.67. The van der Waals surface area contributed by atoms with E-state index in [1.165, 1.54) is 24.3 Å². The molecule has 0 fully saturated rings. The zero-order chi connectivity index (χ0) is 12.1. The summed E-state index contributed by atoms with van der Waals surface area (Å²) in [5.74, 6) is -0.470. The van der Waals surface area contributed by atoms with Gasteiger partial charge in [-0.2, -0.15) is 0 Å². The normalized spacial score (nSPS) is 8.71. The zero-order valence-corrected chi connectivity index (χ0v) is 13.6. The first kappa shape index (κ1) is 16.8. The van der Waals surface area contributed by atoms with Gasteiger partial charge in [0.25, 0.3) is 11.6 Å². The van der Waals surface area contributed by atoms with E-state index < -0.39 is 10.8 Å². The zero-order valence-electron chi connectivity index (χ0n) is 8.80. The number of nitrogens with one attached hydrogen (secondary N) is 2. The Hall–Kier alpha value is -0.164. The van der Waals surface area contributed by atoms with E-state index in [0.717, 1.165) is 0 Å². The molecule has 0 aromatic heterocycles. The van der Waals surface area contributed by atoms with E-state index in [4.69, 9.17) is 0 Å². The van der Waals surface area contributed by atoms with Crippen molar-refractivity contribution < 1.29 is 61.1 Å². The van der Waals surface area contributed by atoms with Crippen molar-refractivity contribution in [2.24, 2.45) is 0 Å². The molecule has 9 heteroatoms. The molecule has 0 unspecified atom stereocenters. The average molecular weight is 295 g/mol. The fourth-order valence-corrected chi connectivity index (χ4v) is 1.02. The molecule has 0 heterocycles. The van der Waals surface area contributed by atoms with Gasteiger partial charge in [0.05, 0.1) is 4.92 Å². The van der Waals surface area contributed by atoms with Crippen LogP contribution in [0.5, 0.6) is 0 Å². The molecule has 0 aliphatic heterocycles. The average Bonchev–Trinajstić information content (AvgIpc) is 2.26. The van der Waals surface area contributed by atoms with E-state index in [1.54, 1.807) is 0 Å². The van der Waals surface area contributed by atoms with E-state index in [2.05, 4.69) is 35.7 Å². The topological polar surface area (TPSA) is 84.3 Å². The van der Waals surface area contributed by atoms with Gasteiger partial charge in [-0.1, -0.05) is 0 Å². The summed E-state index contributed by atoms with van der Waals surface area (Å²) in [7, 11) is 0. The molecule has 0 atom stereocenters. The van der Waals surface area contributed by atoms with Crippen LogP contribution in [0.1, 0.15) is 10.4 Å². The summed E-state index contributed by atoms with van der Waals surface area (Å²) in [5.41, 5.74) is 4.72. The van der Waals surface area contributed by atoms with Gasteiger partial charge in [-0.3, -0.25) is 20.3 Å². The van der Waals surface area contributed by atoms with Gasteiger partial charge in [-0.25, -0.2) is 0 Å². The van der Waals surface area contributed by atoms with Crippen molar-refractivity contribution in [3.63, 3.8) is 0 Å². The van der Waals surface area contributed by atoms with Gasteiger partial charge in [-0.15, -0.1) is 0 Å². The number of thiocarbonyl (C=S) groups is 1. The van der Waals surface area contributed by atoms with E-state index in [-0.39, 0.29) is 67.0 Å². The van der Waals surface area contributed by atoms with Crippen molar-refractivity contribution in [3.05, 3.63) is 39.9 Å². The molecule has 0 spiro atoms. The summed E-state index contributed by atoms with van der Waals surface area (Å²) in [4.78, 5) is 21.2. The van der Waals surface area contributed by atoms with Crippen LogP contribution in [0, 0.1) is 10.1 Å². The van der Waals surface area contributed by atoms with Gasteiger partial charge in [0.2, 0.25) is 0 Å². The molecule has 0 radical (unpaired) electrons. The second-order valence-corrected chi connectivity index (χ2v) is 3.75. The van der Waals surface area contributed by atoms with Crippen molar-refractivity contribution in [3.8, 4) is 0 Å². The van der Waals surface area contributed by atoms with Crippen LogP contribution in [0.3, 0.4) is 0 Å². The summed E-state index contributed by atoms with van der Waals surface area (Å²) >= 11 is 9.04. The van der Waals surface area contributed by atoms with Gasteiger partial charge in [-0.05, 0) is 16.5 Å². The Morgan fingerprint density at radius 2 is 1.82 bits per heavy atom. The fraction of sp³-hybridized carbons (Fsp3) is 0. The van der Waals surface area contributed by atoms with Gasteiger partial charge in [0.15, 0.2) is 0 Å². The Morgan fingerprint density at radius 1 is 1.29 bits per heavy atom.